The molecule has 4 rings (SSSR count). The van der Waals surface area contributed by atoms with Crippen LogP contribution in [0.15, 0.2) is 52.3 Å². The van der Waals surface area contributed by atoms with Crippen molar-refractivity contribution in [3.05, 3.63) is 53.7 Å². The van der Waals surface area contributed by atoms with Gasteiger partial charge in [0.05, 0.1) is 10.6 Å². The van der Waals surface area contributed by atoms with E-state index in [1.165, 1.54) is 15.6 Å². The highest BCUT2D eigenvalue weighted by molar-refractivity contribution is 7.89. The molecule has 1 aromatic carbocycles. The predicted octanol–water partition coefficient (Wildman–Crippen LogP) is 3.73. The summed E-state index contributed by atoms with van der Waals surface area (Å²) in [6, 6.07) is 12.6. The average molecular weight is 420 g/mol. The number of rotatable bonds is 7. The second kappa shape index (κ2) is 8.42. The Morgan fingerprint density at radius 2 is 2.00 bits per heavy atom. The summed E-state index contributed by atoms with van der Waals surface area (Å²) >= 11 is 1.51. The van der Waals surface area contributed by atoms with E-state index in [0.717, 1.165) is 17.7 Å². The first-order valence-corrected chi connectivity index (χ1v) is 11.7. The van der Waals surface area contributed by atoms with Gasteiger partial charge in [-0.2, -0.15) is 4.31 Å². The predicted molar refractivity (Wildman–Crippen MR) is 107 cm³/mol. The van der Waals surface area contributed by atoms with Crippen LogP contribution in [0.25, 0.3) is 10.8 Å². The number of ether oxygens (including phenoxy) is 1. The summed E-state index contributed by atoms with van der Waals surface area (Å²) in [5, 5.41) is 10.2. The van der Waals surface area contributed by atoms with Crippen LogP contribution in [-0.2, 0) is 10.0 Å². The Kier molecular flexibility index (Phi) is 5.74. The fourth-order valence-corrected chi connectivity index (χ4v) is 5.42. The van der Waals surface area contributed by atoms with Gasteiger partial charge in [0.1, 0.15) is 18.4 Å². The van der Waals surface area contributed by atoms with Crippen LogP contribution in [0.4, 0.5) is 0 Å². The molecule has 28 heavy (non-hydrogen) atoms. The molecule has 0 spiro atoms. The molecular formula is C19H21N3O4S2. The molecule has 2 aromatic heterocycles. The van der Waals surface area contributed by atoms with Gasteiger partial charge >= 0.3 is 0 Å². The minimum Gasteiger partial charge on any atom is -0.492 e. The molecule has 0 radical (unpaired) electrons. The molecule has 3 aromatic rings. The topological polar surface area (TPSA) is 85.5 Å². The molecule has 1 atom stereocenters. The van der Waals surface area contributed by atoms with E-state index in [0.29, 0.717) is 30.5 Å². The van der Waals surface area contributed by atoms with Gasteiger partial charge in [0.2, 0.25) is 15.9 Å². The Morgan fingerprint density at radius 3 is 2.79 bits per heavy atom. The van der Waals surface area contributed by atoms with Crippen molar-refractivity contribution in [2.45, 2.75) is 25.3 Å². The first kappa shape index (κ1) is 19.1. The van der Waals surface area contributed by atoms with E-state index in [1.54, 1.807) is 12.1 Å². The number of benzene rings is 1. The summed E-state index contributed by atoms with van der Waals surface area (Å²) in [6.07, 6.45) is 2.42. The van der Waals surface area contributed by atoms with Gasteiger partial charge in [-0.1, -0.05) is 30.7 Å². The van der Waals surface area contributed by atoms with Crippen molar-refractivity contribution in [1.82, 2.24) is 14.5 Å². The van der Waals surface area contributed by atoms with Crippen LogP contribution in [0.1, 0.15) is 31.2 Å². The lowest BCUT2D eigenvalue weighted by atomic mass is 10.1. The average Bonchev–Trinajstić information content (AvgIpc) is 3.40. The van der Waals surface area contributed by atoms with Gasteiger partial charge in [-0.15, -0.1) is 21.5 Å². The molecule has 1 aliphatic heterocycles. The van der Waals surface area contributed by atoms with E-state index in [4.69, 9.17) is 9.15 Å². The van der Waals surface area contributed by atoms with Gasteiger partial charge in [-0.25, -0.2) is 8.42 Å². The normalized spacial score (nSPS) is 18.2. The van der Waals surface area contributed by atoms with E-state index < -0.39 is 16.1 Å². The van der Waals surface area contributed by atoms with Crippen molar-refractivity contribution < 1.29 is 17.6 Å². The molecule has 7 nitrogen and oxygen atoms in total. The number of hydrogen-bond acceptors (Lipinski definition) is 7. The van der Waals surface area contributed by atoms with Gasteiger partial charge < -0.3 is 9.15 Å². The first-order valence-electron chi connectivity index (χ1n) is 9.18. The van der Waals surface area contributed by atoms with Gasteiger partial charge in [0.25, 0.3) is 5.89 Å². The molecule has 0 amide bonds. The summed E-state index contributed by atoms with van der Waals surface area (Å²) < 4.78 is 38.8. The van der Waals surface area contributed by atoms with Crippen molar-refractivity contribution in [3.63, 3.8) is 0 Å². The zero-order valence-corrected chi connectivity index (χ0v) is 16.9. The molecule has 148 valence electrons. The second-order valence-corrected chi connectivity index (χ2v) is 9.51. The highest BCUT2D eigenvalue weighted by Crippen LogP contribution is 2.34. The number of sulfonamides is 1. The molecule has 9 heteroatoms. The number of aromatic nitrogens is 2. The van der Waals surface area contributed by atoms with E-state index in [9.17, 15) is 8.42 Å². The standard InChI is InChI=1S/C19H21N3O4S2/c23-28(24,14-12-25-15-7-2-1-3-8-15)22-11-5-4-9-16(22)18-20-21-19(26-18)17-10-6-13-27-17/h1-3,6-8,10,13,16H,4-5,9,11-12,14H2/t16-/m1/s1. The monoisotopic (exact) mass is 419 g/mol. The molecule has 1 saturated heterocycles. The molecule has 0 N–H and O–H groups in total. The van der Waals surface area contributed by atoms with Crippen LogP contribution in [0.3, 0.4) is 0 Å². The van der Waals surface area contributed by atoms with Crippen LogP contribution in [-0.4, -0.2) is 41.8 Å². The van der Waals surface area contributed by atoms with Crippen molar-refractivity contribution in [3.8, 4) is 16.5 Å². The third-order valence-electron chi connectivity index (χ3n) is 4.62. The van der Waals surface area contributed by atoms with Crippen molar-refractivity contribution in [1.29, 1.82) is 0 Å². The van der Waals surface area contributed by atoms with E-state index >= 15 is 0 Å². The summed E-state index contributed by atoms with van der Waals surface area (Å²) in [7, 11) is -3.51. The summed E-state index contributed by atoms with van der Waals surface area (Å²) in [6.45, 7) is 0.550. The van der Waals surface area contributed by atoms with E-state index in [-0.39, 0.29) is 12.4 Å². The first-order chi connectivity index (χ1) is 13.6. The van der Waals surface area contributed by atoms with Crippen LogP contribution in [0.2, 0.25) is 0 Å². The van der Waals surface area contributed by atoms with Crippen LogP contribution >= 0.6 is 11.3 Å². The van der Waals surface area contributed by atoms with Crippen LogP contribution in [0, 0.1) is 0 Å². The summed E-state index contributed by atoms with van der Waals surface area (Å²) in [5.41, 5.74) is 0. The molecule has 0 unspecified atom stereocenters. The number of nitrogens with zero attached hydrogens (tertiary/aromatic N) is 3. The molecular weight excluding hydrogens is 398 g/mol. The second-order valence-electron chi connectivity index (χ2n) is 6.52. The zero-order chi connectivity index (χ0) is 19.4. The maximum Gasteiger partial charge on any atom is 0.257 e. The lowest BCUT2D eigenvalue weighted by Crippen LogP contribution is -2.41. The Labute approximate surface area is 168 Å². The molecule has 3 heterocycles. The lowest BCUT2D eigenvalue weighted by Gasteiger charge is -2.32. The molecule has 1 aliphatic rings. The molecule has 1 fully saturated rings. The van der Waals surface area contributed by atoms with Crippen molar-refractivity contribution >= 4 is 21.4 Å². The third-order valence-corrected chi connectivity index (χ3v) is 7.31. The SMILES string of the molecule is O=S(=O)(CCOc1ccccc1)N1CCCC[C@@H]1c1nnc(-c2cccs2)o1. The largest absolute Gasteiger partial charge is 0.492 e. The summed E-state index contributed by atoms with van der Waals surface area (Å²) in [4.78, 5) is 0.875. The third kappa shape index (κ3) is 4.26. The highest BCUT2D eigenvalue weighted by atomic mass is 32.2. The minimum atomic E-state index is -3.51. The van der Waals surface area contributed by atoms with Gasteiger partial charge in [0.15, 0.2) is 0 Å². The minimum absolute atomic E-state index is 0.0929. The Bertz CT molecular complexity index is 987. The lowest BCUT2D eigenvalue weighted by molar-refractivity contribution is 0.218. The molecule has 0 saturated carbocycles. The maximum absolute atomic E-state index is 13.0. The zero-order valence-electron chi connectivity index (χ0n) is 15.2. The van der Waals surface area contributed by atoms with Crippen molar-refractivity contribution in [2.24, 2.45) is 0 Å². The van der Waals surface area contributed by atoms with Gasteiger partial charge in [0, 0.05) is 6.54 Å². The van der Waals surface area contributed by atoms with Crippen LogP contribution < -0.4 is 4.74 Å². The fourth-order valence-electron chi connectivity index (χ4n) is 3.25. The van der Waals surface area contributed by atoms with E-state index in [2.05, 4.69) is 10.2 Å². The number of para-hydroxylation sites is 1. The Morgan fingerprint density at radius 1 is 1.14 bits per heavy atom. The van der Waals surface area contributed by atoms with Crippen LogP contribution in [0.5, 0.6) is 5.75 Å². The number of piperidine rings is 1. The van der Waals surface area contributed by atoms with Crippen molar-refractivity contribution in [2.75, 3.05) is 18.9 Å². The van der Waals surface area contributed by atoms with Gasteiger partial charge in [-0.3, -0.25) is 0 Å². The Balaban J connectivity index is 1.47. The molecule has 0 aliphatic carbocycles. The maximum atomic E-state index is 13.0. The summed E-state index contributed by atoms with van der Waals surface area (Å²) in [5.74, 6) is 1.35. The van der Waals surface area contributed by atoms with Gasteiger partial charge in [-0.05, 0) is 36.4 Å². The fraction of sp³-hybridized carbons (Fsp3) is 0.368. The number of thiophene rings is 1. The molecule has 0 bridgehead atoms. The van der Waals surface area contributed by atoms with E-state index in [1.807, 2.05) is 35.7 Å². The smallest absolute Gasteiger partial charge is 0.257 e. The number of hydrogen-bond donors (Lipinski definition) is 0. The Hall–Kier alpha value is -2.23. The quantitative estimate of drug-likeness (QED) is 0.580. The highest BCUT2D eigenvalue weighted by Gasteiger charge is 2.36.